The first-order valence-corrected chi connectivity index (χ1v) is 6.19. The minimum atomic E-state index is -0.412. The van der Waals surface area contributed by atoms with Crippen LogP contribution >= 0.6 is 0 Å². The maximum Gasteiger partial charge on any atom is 0.407 e. The summed E-state index contributed by atoms with van der Waals surface area (Å²) in [6.07, 6.45) is 4.37. The number of carbonyl (C=O) groups excluding carboxylic acids is 1. The van der Waals surface area contributed by atoms with Crippen molar-refractivity contribution >= 4 is 6.09 Å². The van der Waals surface area contributed by atoms with Gasteiger partial charge in [-0.3, -0.25) is 0 Å². The first-order chi connectivity index (χ1) is 7.44. The van der Waals surface area contributed by atoms with E-state index in [0.717, 1.165) is 12.8 Å². The van der Waals surface area contributed by atoms with Crippen LogP contribution in [-0.2, 0) is 4.74 Å². The number of rotatable bonds is 1. The highest BCUT2D eigenvalue weighted by Gasteiger charge is 2.36. The van der Waals surface area contributed by atoms with Crippen molar-refractivity contribution < 1.29 is 9.53 Å². The third-order valence-corrected chi connectivity index (χ3v) is 3.29. The second-order valence-electron chi connectivity index (χ2n) is 5.88. The molecular weight excluding hydrogens is 204 g/mol. The maximum absolute atomic E-state index is 11.6. The van der Waals surface area contributed by atoms with Gasteiger partial charge < -0.3 is 15.4 Å². The fourth-order valence-electron chi connectivity index (χ4n) is 2.61. The fourth-order valence-corrected chi connectivity index (χ4v) is 2.61. The minimum absolute atomic E-state index is 0.244. The molecule has 2 heterocycles. The van der Waals surface area contributed by atoms with E-state index in [2.05, 4.69) is 10.6 Å². The molecule has 16 heavy (non-hydrogen) atoms. The largest absolute Gasteiger partial charge is 0.444 e. The van der Waals surface area contributed by atoms with Gasteiger partial charge in [0.15, 0.2) is 0 Å². The molecule has 0 aromatic heterocycles. The average molecular weight is 226 g/mol. The van der Waals surface area contributed by atoms with Crippen LogP contribution in [-0.4, -0.2) is 29.8 Å². The highest BCUT2D eigenvalue weighted by molar-refractivity contribution is 5.68. The lowest BCUT2D eigenvalue weighted by atomic mass is 10.0. The van der Waals surface area contributed by atoms with E-state index in [9.17, 15) is 4.79 Å². The minimum Gasteiger partial charge on any atom is -0.444 e. The molecule has 4 heteroatoms. The van der Waals surface area contributed by atoms with Crippen LogP contribution in [0.1, 0.15) is 46.5 Å². The second kappa shape index (κ2) is 4.24. The van der Waals surface area contributed by atoms with Gasteiger partial charge in [0.05, 0.1) is 0 Å². The second-order valence-corrected chi connectivity index (χ2v) is 5.88. The molecule has 3 atom stereocenters. The summed E-state index contributed by atoms with van der Waals surface area (Å²) in [6.45, 7) is 5.66. The molecule has 0 aliphatic carbocycles. The molecule has 0 unspecified atom stereocenters. The van der Waals surface area contributed by atoms with E-state index >= 15 is 0 Å². The van der Waals surface area contributed by atoms with Gasteiger partial charge in [-0.15, -0.1) is 0 Å². The summed E-state index contributed by atoms with van der Waals surface area (Å²) < 4.78 is 5.27. The van der Waals surface area contributed by atoms with Crippen LogP contribution in [0.5, 0.6) is 0 Å². The Kier molecular flexibility index (Phi) is 3.10. The highest BCUT2D eigenvalue weighted by Crippen LogP contribution is 2.26. The first kappa shape index (κ1) is 11.7. The molecule has 0 aromatic rings. The molecule has 2 aliphatic rings. The van der Waals surface area contributed by atoms with E-state index in [1.807, 2.05) is 20.8 Å². The van der Waals surface area contributed by atoms with E-state index in [4.69, 9.17) is 4.74 Å². The Bertz CT molecular complexity index is 273. The number of hydrogen-bond acceptors (Lipinski definition) is 3. The molecule has 0 saturated carbocycles. The lowest BCUT2D eigenvalue weighted by Gasteiger charge is -2.31. The standard InChI is InChI=1S/C12H22N2O2/c1-12(2,3)16-11(15)14-10-7-5-8-4-6-9(10)13-8/h8-10,13H,4-7H2,1-3H3,(H,14,15)/t8-,9+,10-/m1/s1. The Morgan fingerprint density at radius 3 is 2.62 bits per heavy atom. The molecule has 2 bridgehead atoms. The maximum atomic E-state index is 11.6. The molecule has 0 radical (unpaired) electrons. The summed E-state index contributed by atoms with van der Waals surface area (Å²) in [5, 5.41) is 6.52. The first-order valence-electron chi connectivity index (χ1n) is 6.19. The predicted molar refractivity (Wildman–Crippen MR) is 62.3 cm³/mol. The summed E-state index contributed by atoms with van der Waals surface area (Å²) in [7, 11) is 0. The lowest BCUT2D eigenvalue weighted by molar-refractivity contribution is 0.0484. The SMILES string of the molecule is CC(C)(C)OC(=O)N[C@@H]1CC[C@H]2CC[C@@H]1N2. The Morgan fingerprint density at radius 1 is 1.25 bits per heavy atom. The zero-order valence-electron chi connectivity index (χ0n) is 10.4. The van der Waals surface area contributed by atoms with Crippen LogP contribution in [0, 0.1) is 0 Å². The lowest BCUT2D eigenvalue weighted by Crippen LogP contribution is -2.53. The Balaban J connectivity index is 1.83. The van der Waals surface area contributed by atoms with Gasteiger partial charge in [-0.05, 0) is 46.5 Å². The van der Waals surface area contributed by atoms with Gasteiger partial charge in [-0.1, -0.05) is 0 Å². The van der Waals surface area contributed by atoms with Gasteiger partial charge in [-0.2, -0.15) is 0 Å². The van der Waals surface area contributed by atoms with Crippen LogP contribution in [0.2, 0.25) is 0 Å². The quantitative estimate of drug-likeness (QED) is 0.716. The molecule has 0 spiro atoms. The van der Waals surface area contributed by atoms with E-state index in [1.54, 1.807) is 0 Å². The zero-order valence-corrected chi connectivity index (χ0v) is 10.4. The number of piperidine rings is 1. The summed E-state index contributed by atoms with van der Waals surface area (Å²) in [4.78, 5) is 11.6. The third-order valence-electron chi connectivity index (χ3n) is 3.29. The molecule has 2 N–H and O–H groups in total. The van der Waals surface area contributed by atoms with Gasteiger partial charge in [-0.25, -0.2) is 4.79 Å². The number of alkyl carbamates (subject to hydrolysis) is 1. The Morgan fingerprint density at radius 2 is 1.94 bits per heavy atom. The van der Waals surface area contributed by atoms with Crippen molar-refractivity contribution in [3.8, 4) is 0 Å². The molecule has 4 nitrogen and oxygen atoms in total. The van der Waals surface area contributed by atoms with Crippen LogP contribution in [0.25, 0.3) is 0 Å². The van der Waals surface area contributed by atoms with Gasteiger partial charge >= 0.3 is 6.09 Å². The van der Waals surface area contributed by atoms with Crippen LogP contribution < -0.4 is 10.6 Å². The van der Waals surface area contributed by atoms with Crippen molar-refractivity contribution in [3.63, 3.8) is 0 Å². The topological polar surface area (TPSA) is 50.4 Å². The number of amides is 1. The highest BCUT2D eigenvalue weighted by atomic mass is 16.6. The van der Waals surface area contributed by atoms with Crippen LogP contribution in [0.3, 0.4) is 0 Å². The van der Waals surface area contributed by atoms with Gasteiger partial charge in [0.25, 0.3) is 0 Å². The molecule has 2 aliphatic heterocycles. The molecule has 92 valence electrons. The number of carbonyl (C=O) groups is 1. The number of fused-ring (bicyclic) bond motifs is 2. The third kappa shape index (κ3) is 2.88. The van der Waals surface area contributed by atoms with Crippen LogP contribution in [0.4, 0.5) is 4.79 Å². The summed E-state index contributed by atoms with van der Waals surface area (Å²) >= 11 is 0. The normalized spacial score (nSPS) is 33.6. The monoisotopic (exact) mass is 226 g/mol. The molecule has 0 aromatic carbocycles. The molecule has 1 amide bonds. The Labute approximate surface area is 97.1 Å². The number of nitrogens with one attached hydrogen (secondary N) is 2. The number of ether oxygens (including phenoxy) is 1. The summed E-state index contributed by atoms with van der Waals surface area (Å²) in [6, 6.07) is 1.38. The zero-order chi connectivity index (χ0) is 11.8. The summed E-state index contributed by atoms with van der Waals surface area (Å²) in [5.74, 6) is 0. The molecule has 2 rings (SSSR count). The smallest absolute Gasteiger partial charge is 0.407 e. The van der Waals surface area contributed by atoms with Crippen molar-refractivity contribution in [1.29, 1.82) is 0 Å². The van der Waals surface area contributed by atoms with Gasteiger partial charge in [0.1, 0.15) is 5.60 Å². The molecular formula is C12H22N2O2. The van der Waals surface area contributed by atoms with Gasteiger partial charge in [0.2, 0.25) is 0 Å². The van der Waals surface area contributed by atoms with E-state index < -0.39 is 5.60 Å². The van der Waals surface area contributed by atoms with Gasteiger partial charge in [0, 0.05) is 18.1 Å². The van der Waals surface area contributed by atoms with Crippen LogP contribution in [0.15, 0.2) is 0 Å². The number of hydrogen-bond donors (Lipinski definition) is 2. The molecule has 2 fully saturated rings. The van der Waals surface area contributed by atoms with Crippen molar-refractivity contribution in [3.05, 3.63) is 0 Å². The fraction of sp³-hybridized carbons (Fsp3) is 0.917. The van der Waals surface area contributed by atoms with Crippen molar-refractivity contribution in [1.82, 2.24) is 10.6 Å². The summed E-state index contributed by atoms with van der Waals surface area (Å²) in [5.41, 5.74) is -0.412. The average Bonchev–Trinajstić information content (AvgIpc) is 2.51. The van der Waals surface area contributed by atoms with Crippen molar-refractivity contribution in [2.24, 2.45) is 0 Å². The van der Waals surface area contributed by atoms with E-state index in [1.165, 1.54) is 12.8 Å². The Hall–Kier alpha value is -0.770. The molecule has 2 saturated heterocycles. The van der Waals surface area contributed by atoms with Crippen molar-refractivity contribution in [2.75, 3.05) is 0 Å². The van der Waals surface area contributed by atoms with E-state index in [0.29, 0.717) is 12.1 Å². The predicted octanol–water partition coefficient (Wildman–Crippen LogP) is 1.79. The van der Waals surface area contributed by atoms with E-state index in [-0.39, 0.29) is 12.1 Å². The van der Waals surface area contributed by atoms with Crippen molar-refractivity contribution in [2.45, 2.75) is 70.2 Å².